The summed E-state index contributed by atoms with van der Waals surface area (Å²) >= 11 is 0. The number of ether oxygens (including phenoxy) is 1. The lowest BCUT2D eigenvalue weighted by Gasteiger charge is -2.32. The molecule has 0 N–H and O–H groups in total. The molecular weight excluding hydrogens is 328 g/mol. The summed E-state index contributed by atoms with van der Waals surface area (Å²) in [5, 5.41) is 0. The van der Waals surface area contributed by atoms with E-state index in [1.165, 1.54) is 23.5 Å². The molecule has 1 fully saturated rings. The molecule has 1 saturated heterocycles. The highest BCUT2D eigenvalue weighted by Crippen LogP contribution is 2.20. The van der Waals surface area contributed by atoms with E-state index in [9.17, 15) is 13.2 Å². The Morgan fingerprint density at radius 3 is 2.33 bits per heavy atom. The third-order valence-corrected chi connectivity index (χ3v) is 6.43. The molecule has 6 nitrogen and oxygen atoms in total. The van der Waals surface area contributed by atoms with Crippen LogP contribution in [0.2, 0.25) is 0 Å². The van der Waals surface area contributed by atoms with Gasteiger partial charge in [0, 0.05) is 19.6 Å². The molecule has 1 aromatic carbocycles. The molecule has 134 valence electrons. The Kier molecular flexibility index (Phi) is 6.23. The maximum absolute atomic E-state index is 12.7. The molecule has 24 heavy (non-hydrogen) atoms. The molecule has 0 atom stereocenters. The van der Waals surface area contributed by atoms with E-state index >= 15 is 0 Å². The van der Waals surface area contributed by atoms with Crippen molar-refractivity contribution in [2.24, 2.45) is 5.92 Å². The second-order valence-electron chi connectivity index (χ2n) is 6.17. The van der Waals surface area contributed by atoms with Crippen molar-refractivity contribution in [3.63, 3.8) is 0 Å². The van der Waals surface area contributed by atoms with E-state index in [0.29, 0.717) is 24.8 Å². The van der Waals surface area contributed by atoms with Gasteiger partial charge in [-0.15, -0.1) is 0 Å². The molecule has 1 aliphatic rings. The number of hydrogen-bond acceptors (Lipinski definition) is 4. The quantitative estimate of drug-likeness (QED) is 0.783. The third-order valence-electron chi connectivity index (χ3n) is 4.50. The van der Waals surface area contributed by atoms with Crippen LogP contribution in [0.5, 0.6) is 5.75 Å². The van der Waals surface area contributed by atoms with Gasteiger partial charge in [-0.05, 0) is 43.0 Å². The van der Waals surface area contributed by atoms with Crippen molar-refractivity contribution >= 4 is 15.9 Å². The predicted molar refractivity (Wildman–Crippen MR) is 92.4 cm³/mol. The predicted octanol–water partition coefficient (Wildman–Crippen LogP) is 1.96. The maximum atomic E-state index is 12.7. The average Bonchev–Trinajstić information content (AvgIpc) is 2.59. The SMILES string of the molecule is CCN(CC(=O)N1CCC(C)CC1)S(=O)(=O)c1ccc(OC)cc1. The van der Waals surface area contributed by atoms with E-state index in [-0.39, 0.29) is 23.9 Å². The van der Waals surface area contributed by atoms with Gasteiger partial charge in [0.15, 0.2) is 0 Å². The first-order valence-electron chi connectivity index (χ1n) is 8.30. The number of nitrogens with zero attached hydrogens (tertiary/aromatic N) is 2. The number of carbonyl (C=O) groups excluding carboxylic acids is 1. The fourth-order valence-corrected chi connectivity index (χ4v) is 4.17. The van der Waals surface area contributed by atoms with Crippen LogP contribution in [0.3, 0.4) is 0 Å². The lowest BCUT2D eigenvalue weighted by Crippen LogP contribution is -2.45. The van der Waals surface area contributed by atoms with Gasteiger partial charge >= 0.3 is 0 Å². The molecule has 1 heterocycles. The molecule has 0 radical (unpaired) electrons. The number of methoxy groups -OCH3 is 1. The molecular formula is C17H26N2O4S. The highest BCUT2D eigenvalue weighted by molar-refractivity contribution is 7.89. The monoisotopic (exact) mass is 354 g/mol. The minimum absolute atomic E-state index is 0.112. The summed E-state index contributed by atoms with van der Waals surface area (Å²) in [6.07, 6.45) is 1.95. The number of likely N-dealkylation sites (tertiary alicyclic amines) is 1. The average molecular weight is 354 g/mol. The molecule has 0 unspecified atom stereocenters. The van der Waals surface area contributed by atoms with Crippen LogP contribution in [0.25, 0.3) is 0 Å². The van der Waals surface area contributed by atoms with Crippen LogP contribution in [0, 0.1) is 5.92 Å². The number of hydrogen-bond donors (Lipinski definition) is 0. The lowest BCUT2D eigenvalue weighted by atomic mass is 9.99. The Balaban J connectivity index is 2.09. The van der Waals surface area contributed by atoms with E-state index in [1.54, 1.807) is 24.0 Å². The Labute approximate surface area is 144 Å². The van der Waals surface area contributed by atoms with Crippen LogP contribution in [0.15, 0.2) is 29.2 Å². The molecule has 2 rings (SSSR count). The minimum Gasteiger partial charge on any atom is -0.497 e. The van der Waals surface area contributed by atoms with Crippen molar-refractivity contribution in [1.82, 2.24) is 9.21 Å². The number of likely N-dealkylation sites (N-methyl/N-ethyl adjacent to an activating group) is 1. The Morgan fingerprint density at radius 2 is 1.83 bits per heavy atom. The van der Waals surface area contributed by atoms with E-state index in [1.807, 2.05) is 0 Å². The molecule has 7 heteroatoms. The van der Waals surface area contributed by atoms with Crippen molar-refractivity contribution in [3.05, 3.63) is 24.3 Å². The molecule has 1 aromatic rings. The van der Waals surface area contributed by atoms with Crippen molar-refractivity contribution in [2.75, 3.05) is 33.3 Å². The van der Waals surface area contributed by atoms with Crippen molar-refractivity contribution in [1.29, 1.82) is 0 Å². The number of benzene rings is 1. The van der Waals surface area contributed by atoms with E-state index in [0.717, 1.165) is 12.8 Å². The van der Waals surface area contributed by atoms with E-state index < -0.39 is 10.0 Å². The Bertz CT molecular complexity index is 650. The summed E-state index contributed by atoms with van der Waals surface area (Å²) in [5.74, 6) is 1.09. The Hall–Kier alpha value is -1.60. The van der Waals surface area contributed by atoms with Crippen LogP contribution in [-0.4, -0.2) is 56.8 Å². The van der Waals surface area contributed by atoms with Gasteiger partial charge in [-0.1, -0.05) is 13.8 Å². The zero-order chi connectivity index (χ0) is 17.7. The third kappa shape index (κ3) is 4.27. The standard InChI is InChI=1S/C17H26N2O4S/c1-4-19(13-17(20)18-11-9-14(2)10-12-18)24(21,22)16-7-5-15(23-3)6-8-16/h5-8,14H,4,9-13H2,1-3H3. The van der Waals surface area contributed by atoms with Gasteiger partial charge in [-0.3, -0.25) is 4.79 Å². The van der Waals surface area contributed by atoms with E-state index in [4.69, 9.17) is 4.74 Å². The van der Waals surface area contributed by atoms with Gasteiger partial charge in [-0.2, -0.15) is 4.31 Å². The summed E-state index contributed by atoms with van der Waals surface area (Å²) in [5.41, 5.74) is 0. The first-order chi connectivity index (χ1) is 11.4. The van der Waals surface area contributed by atoms with Gasteiger partial charge < -0.3 is 9.64 Å². The topological polar surface area (TPSA) is 66.9 Å². The molecule has 0 aliphatic carbocycles. The van der Waals surface area contributed by atoms with Gasteiger partial charge in [-0.25, -0.2) is 8.42 Å². The molecule has 0 aromatic heterocycles. The molecule has 0 saturated carbocycles. The molecule has 1 amide bonds. The van der Waals surface area contributed by atoms with Gasteiger partial charge in [0.05, 0.1) is 18.6 Å². The second kappa shape index (κ2) is 7.98. The number of rotatable bonds is 6. The first kappa shape index (κ1) is 18.7. The number of piperidine rings is 1. The zero-order valence-electron chi connectivity index (χ0n) is 14.6. The van der Waals surface area contributed by atoms with Crippen LogP contribution in [-0.2, 0) is 14.8 Å². The second-order valence-corrected chi connectivity index (χ2v) is 8.11. The maximum Gasteiger partial charge on any atom is 0.243 e. The summed E-state index contributed by atoms with van der Waals surface area (Å²) in [4.78, 5) is 14.4. The smallest absolute Gasteiger partial charge is 0.243 e. The Morgan fingerprint density at radius 1 is 1.25 bits per heavy atom. The fourth-order valence-electron chi connectivity index (χ4n) is 2.77. The van der Waals surface area contributed by atoms with Gasteiger partial charge in [0.25, 0.3) is 0 Å². The molecule has 1 aliphatic heterocycles. The first-order valence-corrected chi connectivity index (χ1v) is 9.74. The summed E-state index contributed by atoms with van der Waals surface area (Å²) in [6.45, 7) is 5.48. The zero-order valence-corrected chi connectivity index (χ0v) is 15.4. The fraction of sp³-hybridized carbons (Fsp3) is 0.588. The van der Waals surface area contributed by atoms with E-state index in [2.05, 4.69) is 6.92 Å². The number of carbonyl (C=O) groups is 1. The van der Waals surface area contributed by atoms with Crippen LogP contribution in [0.4, 0.5) is 0 Å². The van der Waals surface area contributed by atoms with Gasteiger partial charge in [0.2, 0.25) is 15.9 Å². The number of amides is 1. The highest BCUT2D eigenvalue weighted by Gasteiger charge is 2.28. The van der Waals surface area contributed by atoms with Crippen LogP contribution in [0.1, 0.15) is 26.7 Å². The van der Waals surface area contributed by atoms with Crippen molar-refractivity contribution in [2.45, 2.75) is 31.6 Å². The normalized spacial score (nSPS) is 16.4. The van der Waals surface area contributed by atoms with Crippen molar-refractivity contribution in [3.8, 4) is 5.75 Å². The minimum atomic E-state index is -3.69. The largest absolute Gasteiger partial charge is 0.497 e. The van der Waals surface area contributed by atoms with Crippen LogP contribution >= 0.6 is 0 Å². The molecule has 0 bridgehead atoms. The highest BCUT2D eigenvalue weighted by atomic mass is 32.2. The van der Waals surface area contributed by atoms with Crippen LogP contribution < -0.4 is 4.74 Å². The van der Waals surface area contributed by atoms with Gasteiger partial charge in [0.1, 0.15) is 5.75 Å². The molecule has 0 spiro atoms. The number of sulfonamides is 1. The summed E-state index contributed by atoms with van der Waals surface area (Å²) in [7, 11) is -2.16. The summed E-state index contributed by atoms with van der Waals surface area (Å²) in [6, 6.07) is 6.22. The van der Waals surface area contributed by atoms with Crippen molar-refractivity contribution < 1.29 is 17.9 Å². The lowest BCUT2D eigenvalue weighted by molar-refractivity contribution is -0.132. The summed E-state index contributed by atoms with van der Waals surface area (Å²) < 4.78 is 31.8.